The smallest absolute Gasteiger partial charge is 0.268 e. The van der Waals surface area contributed by atoms with Crippen LogP contribution in [0, 0.1) is 6.92 Å². The fraction of sp³-hybridized carbons (Fsp3) is 0.190. The van der Waals surface area contributed by atoms with Crippen molar-refractivity contribution >= 4 is 29.0 Å². The van der Waals surface area contributed by atoms with E-state index in [0.717, 1.165) is 28.3 Å². The lowest BCUT2D eigenvalue weighted by molar-refractivity contribution is -0.114. The third kappa shape index (κ3) is 3.46. The second-order valence-corrected chi connectivity index (χ2v) is 6.56. The number of aryl methyl sites for hydroxylation is 2. The lowest BCUT2D eigenvalue weighted by atomic mass is 9.97. The fourth-order valence-corrected chi connectivity index (χ4v) is 3.18. The molecule has 1 aromatic carbocycles. The molecule has 0 fully saturated rings. The lowest BCUT2D eigenvalue weighted by Crippen LogP contribution is -2.43. The van der Waals surface area contributed by atoms with Crippen LogP contribution in [0.4, 0.5) is 10.5 Å². The standard InChI is InChI=1S/C21H18N4O2/c1-14-5-4-7-17(11-14)25-20(26)18-13-23-16(12-19(18)24-21(25)27)9-8-15-6-2-3-10-22-15/h2-7,10-11,13H,8-9,12H2,1H3. The predicted octanol–water partition coefficient (Wildman–Crippen LogP) is 3.66. The van der Waals surface area contributed by atoms with Crippen LogP contribution in [0.1, 0.15) is 24.1 Å². The van der Waals surface area contributed by atoms with Crippen molar-refractivity contribution in [3.63, 3.8) is 0 Å². The van der Waals surface area contributed by atoms with Crippen LogP contribution in [0.25, 0.3) is 0 Å². The Balaban J connectivity index is 1.56. The van der Waals surface area contributed by atoms with Gasteiger partial charge < -0.3 is 0 Å². The second-order valence-electron chi connectivity index (χ2n) is 6.56. The van der Waals surface area contributed by atoms with Crippen LogP contribution in [-0.4, -0.2) is 28.3 Å². The van der Waals surface area contributed by atoms with Crippen molar-refractivity contribution in [2.45, 2.75) is 26.2 Å². The zero-order valence-electron chi connectivity index (χ0n) is 14.9. The molecule has 0 radical (unpaired) electrons. The molecule has 2 aliphatic heterocycles. The molecule has 0 atom stereocenters. The molecule has 0 spiro atoms. The number of rotatable bonds is 4. The van der Waals surface area contributed by atoms with Crippen molar-refractivity contribution in [1.82, 2.24) is 4.98 Å². The number of urea groups is 1. The van der Waals surface area contributed by atoms with E-state index in [1.807, 2.05) is 37.3 Å². The normalized spacial score (nSPS) is 16.5. The average molecular weight is 358 g/mol. The number of pyridine rings is 1. The highest BCUT2D eigenvalue weighted by Crippen LogP contribution is 2.26. The summed E-state index contributed by atoms with van der Waals surface area (Å²) in [6, 6.07) is 12.5. The molecule has 134 valence electrons. The molecule has 1 aromatic heterocycles. The molecule has 2 aliphatic rings. The molecule has 6 heteroatoms. The zero-order valence-corrected chi connectivity index (χ0v) is 14.9. The van der Waals surface area contributed by atoms with Crippen LogP contribution < -0.4 is 4.90 Å². The number of nitrogens with zero attached hydrogens (tertiary/aromatic N) is 4. The molecular weight excluding hydrogens is 340 g/mol. The van der Waals surface area contributed by atoms with Crippen molar-refractivity contribution < 1.29 is 9.59 Å². The maximum absolute atomic E-state index is 12.8. The Hall–Kier alpha value is -3.41. The topological polar surface area (TPSA) is 75.0 Å². The number of fused-ring (bicyclic) bond motifs is 1. The van der Waals surface area contributed by atoms with Crippen LogP contribution in [0.15, 0.2) is 70.4 Å². The highest BCUT2D eigenvalue weighted by Gasteiger charge is 2.35. The molecule has 4 rings (SSSR count). The summed E-state index contributed by atoms with van der Waals surface area (Å²) >= 11 is 0. The molecule has 27 heavy (non-hydrogen) atoms. The molecule has 0 saturated carbocycles. The third-order valence-corrected chi connectivity index (χ3v) is 4.57. The highest BCUT2D eigenvalue weighted by atomic mass is 16.2. The fourth-order valence-electron chi connectivity index (χ4n) is 3.18. The Bertz CT molecular complexity index is 1010. The van der Waals surface area contributed by atoms with Gasteiger partial charge >= 0.3 is 6.03 Å². The molecule has 0 aliphatic carbocycles. The third-order valence-electron chi connectivity index (χ3n) is 4.57. The molecule has 2 aromatic rings. The Morgan fingerprint density at radius 2 is 1.96 bits per heavy atom. The summed E-state index contributed by atoms with van der Waals surface area (Å²) in [6.07, 6.45) is 5.18. The van der Waals surface area contributed by atoms with E-state index < -0.39 is 6.03 Å². The summed E-state index contributed by atoms with van der Waals surface area (Å²) in [7, 11) is 0. The monoisotopic (exact) mass is 358 g/mol. The van der Waals surface area contributed by atoms with Gasteiger partial charge in [0.1, 0.15) is 0 Å². The summed E-state index contributed by atoms with van der Waals surface area (Å²) in [6.45, 7) is 1.91. The van der Waals surface area contributed by atoms with Gasteiger partial charge in [-0.15, -0.1) is 0 Å². The maximum Gasteiger partial charge on any atom is 0.355 e. The van der Waals surface area contributed by atoms with Crippen LogP contribution in [0.3, 0.4) is 0 Å². The van der Waals surface area contributed by atoms with Gasteiger partial charge in [-0.3, -0.25) is 14.8 Å². The number of hydrogen-bond acceptors (Lipinski definition) is 4. The van der Waals surface area contributed by atoms with E-state index in [9.17, 15) is 9.59 Å². The van der Waals surface area contributed by atoms with E-state index >= 15 is 0 Å². The summed E-state index contributed by atoms with van der Waals surface area (Å²) in [5.41, 5.74) is 4.26. The molecule has 6 nitrogen and oxygen atoms in total. The van der Waals surface area contributed by atoms with E-state index in [4.69, 9.17) is 0 Å². The van der Waals surface area contributed by atoms with Crippen molar-refractivity contribution in [2.24, 2.45) is 9.98 Å². The minimum atomic E-state index is -0.552. The lowest BCUT2D eigenvalue weighted by Gasteiger charge is -2.27. The van der Waals surface area contributed by atoms with Gasteiger partial charge in [-0.2, -0.15) is 4.99 Å². The molecule has 0 N–H and O–H groups in total. The van der Waals surface area contributed by atoms with Gasteiger partial charge in [0.15, 0.2) is 0 Å². The molecule has 0 unspecified atom stereocenters. The zero-order chi connectivity index (χ0) is 18.8. The van der Waals surface area contributed by atoms with E-state index in [1.165, 1.54) is 6.20 Å². The van der Waals surface area contributed by atoms with Crippen molar-refractivity contribution in [3.05, 3.63) is 71.7 Å². The predicted molar refractivity (Wildman–Crippen MR) is 104 cm³/mol. The quantitative estimate of drug-likeness (QED) is 0.837. The number of carbonyl (C=O) groups is 2. The van der Waals surface area contributed by atoms with E-state index in [-0.39, 0.29) is 5.91 Å². The van der Waals surface area contributed by atoms with Crippen LogP contribution in [0.5, 0.6) is 0 Å². The van der Waals surface area contributed by atoms with Crippen LogP contribution in [0.2, 0.25) is 0 Å². The van der Waals surface area contributed by atoms with Gasteiger partial charge in [-0.25, -0.2) is 9.69 Å². The van der Waals surface area contributed by atoms with E-state index in [0.29, 0.717) is 29.8 Å². The van der Waals surface area contributed by atoms with E-state index in [1.54, 1.807) is 18.3 Å². The van der Waals surface area contributed by atoms with Crippen molar-refractivity contribution in [3.8, 4) is 0 Å². The minimum absolute atomic E-state index is 0.372. The molecular formula is C21H18N4O2. The first-order valence-electron chi connectivity index (χ1n) is 8.80. The minimum Gasteiger partial charge on any atom is -0.268 e. The molecule has 3 heterocycles. The Morgan fingerprint density at radius 3 is 2.74 bits per heavy atom. The Kier molecular flexibility index (Phi) is 4.46. The second kappa shape index (κ2) is 7.07. The number of anilines is 1. The summed E-state index contributed by atoms with van der Waals surface area (Å²) in [4.78, 5) is 39.4. The summed E-state index contributed by atoms with van der Waals surface area (Å²) in [5, 5.41) is 0. The van der Waals surface area contributed by atoms with Gasteiger partial charge in [-0.05, 0) is 49.6 Å². The van der Waals surface area contributed by atoms with Gasteiger partial charge in [-0.1, -0.05) is 18.2 Å². The number of amides is 3. The number of imide groups is 1. The first kappa shape index (κ1) is 17.0. The summed E-state index contributed by atoms with van der Waals surface area (Å²) in [5.74, 6) is -0.372. The highest BCUT2D eigenvalue weighted by molar-refractivity contribution is 6.40. The summed E-state index contributed by atoms with van der Waals surface area (Å²) < 4.78 is 0. The van der Waals surface area contributed by atoms with Gasteiger partial charge in [0.25, 0.3) is 5.91 Å². The number of aliphatic imine (C=N–C) groups is 2. The first-order valence-corrected chi connectivity index (χ1v) is 8.80. The SMILES string of the molecule is Cc1cccc(N2C(=O)N=C3CC(CCc4ccccn4)=NC=C3C2=O)c1. The number of benzene rings is 1. The molecule has 0 saturated heterocycles. The number of carbonyl (C=O) groups excluding carboxylic acids is 2. The Morgan fingerprint density at radius 1 is 1.07 bits per heavy atom. The van der Waals surface area contributed by atoms with Gasteiger partial charge in [0.2, 0.25) is 0 Å². The average Bonchev–Trinajstić information content (AvgIpc) is 2.67. The van der Waals surface area contributed by atoms with Crippen molar-refractivity contribution in [1.29, 1.82) is 0 Å². The van der Waals surface area contributed by atoms with Gasteiger partial charge in [0, 0.05) is 30.2 Å². The first-order chi connectivity index (χ1) is 13.1. The van der Waals surface area contributed by atoms with E-state index in [2.05, 4.69) is 15.0 Å². The molecule has 0 bridgehead atoms. The van der Waals surface area contributed by atoms with Crippen LogP contribution >= 0.6 is 0 Å². The van der Waals surface area contributed by atoms with Crippen LogP contribution in [-0.2, 0) is 11.2 Å². The van der Waals surface area contributed by atoms with Gasteiger partial charge in [0.05, 0.1) is 17.0 Å². The largest absolute Gasteiger partial charge is 0.355 e. The molecule has 3 amide bonds. The maximum atomic E-state index is 12.8. The number of hydrogen-bond donors (Lipinski definition) is 0. The number of aromatic nitrogens is 1. The van der Waals surface area contributed by atoms with Crippen molar-refractivity contribution in [2.75, 3.05) is 4.90 Å². The Labute approximate surface area is 157 Å².